The molecule has 0 fully saturated rings. The summed E-state index contributed by atoms with van der Waals surface area (Å²) in [4.78, 5) is 21.3. The molecular weight excluding hydrogens is 366 g/mol. The zero-order valence-corrected chi connectivity index (χ0v) is 15.6. The first-order valence-corrected chi connectivity index (χ1v) is 9.14. The highest BCUT2D eigenvalue weighted by Crippen LogP contribution is 2.30. The standard InChI is InChI=1S/C22H17N5O2/c1-23-22(28)19-20(26-27-18-11-12-24-13-17(18)25-21(19)27)14-7-9-16(10-8-14)29-15-5-3-2-4-6-15/h2-13,26H,1H3,(H,23,28). The van der Waals surface area contributed by atoms with Crippen molar-refractivity contribution in [2.24, 2.45) is 0 Å². The molecule has 142 valence electrons. The number of nitrogens with zero attached hydrogens (tertiary/aromatic N) is 3. The molecule has 0 aliphatic heterocycles. The quantitative estimate of drug-likeness (QED) is 0.491. The maximum absolute atomic E-state index is 12.6. The minimum Gasteiger partial charge on any atom is -0.457 e. The van der Waals surface area contributed by atoms with Gasteiger partial charge in [-0.15, -0.1) is 0 Å². The first-order chi connectivity index (χ1) is 14.2. The lowest BCUT2D eigenvalue weighted by molar-refractivity contribution is 0.0965. The molecule has 2 N–H and O–H groups in total. The molecular formula is C22H17N5O2. The average Bonchev–Trinajstić information content (AvgIpc) is 3.31. The number of para-hydroxylation sites is 1. The van der Waals surface area contributed by atoms with Gasteiger partial charge in [-0.25, -0.2) is 9.50 Å². The zero-order valence-electron chi connectivity index (χ0n) is 15.6. The van der Waals surface area contributed by atoms with Crippen LogP contribution in [0.4, 0.5) is 0 Å². The minimum atomic E-state index is -0.209. The number of fused-ring (bicyclic) bond motifs is 3. The second-order valence-corrected chi connectivity index (χ2v) is 6.52. The molecule has 7 nitrogen and oxygen atoms in total. The summed E-state index contributed by atoms with van der Waals surface area (Å²) in [5, 5.41) is 6.02. The summed E-state index contributed by atoms with van der Waals surface area (Å²) in [6.07, 6.45) is 3.38. The van der Waals surface area contributed by atoms with Gasteiger partial charge >= 0.3 is 0 Å². The number of hydrogen-bond acceptors (Lipinski definition) is 4. The maximum Gasteiger partial charge on any atom is 0.257 e. The van der Waals surface area contributed by atoms with Crippen LogP contribution in [-0.4, -0.2) is 32.5 Å². The number of amides is 1. The van der Waals surface area contributed by atoms with E-state index in [-0.39, 0.29) is 5.91 Å². The van der Waals surface area contributed by atoms with Crippen molar-refractivity contribution in [2.45, 2.75) is 0 Å². The van der Waals surface area contributed by atoms with Crippen LogP contribution in [0.5, 0.6) is 11.5 Å². The molecule has 0 aliphatic rings. The number of aromatic amines is 1. The number of rotatable bonds is 4. The van der Waals surface area contributed by atoms with Crippen molar-refractivity contribution in [3.63, 3.8) is 0 Å². The van der Waals surface area contributed by atoms with Crippen molar-refractivity contribution in [1.82, 2.24) is 24.9 Å². The summed E-state index contributed by atoms with van der Waals surface area (Å²) in [5.74, 6) is 1.28. The van der Waals surface area contributed by atoms with E-state index in [0.717, 1.165) is 22.3 Å². The molecule has 0 bridgehead atoms. The second-order valence-electron chi connectivity index (χ2n) is 6.52. The summed E-state index contributed by atoms with van der Waals surface area (Å²) in [6.45, 7) is 0. The summed E-state index contributed by atoms with van der Waals surface area (Å²) in [5.41, 5.74) is 4.18. The van der Waals surface area contributed by atoms with Crippen molar-refractivity contribution in [3.05, 3.63) is 78.6 Å². The number of carbonyl (C=O) groups is 1. The molecule has 5 aromatic rings. The molecule has 5 rings (SSSR count). The van der Waals surface area contributed by atoms with Crippen molar-refractivity contribution < 1.29 is 9.53 Å². The number of hydrogen-bond donors (Lipinski definition) is 2. The Hall–Kier alpha value is -4.13. The summed E-state index contributed by atoms with van der Waals surface area (Å²) in [6, 6.07) is 19.0. The number of pyridine rings is 1. The lowest BCUT2D eigenvalue weighted by Gasteiger charge is -2.07. The molecule has 7 heteroatoms. The van der Waals surface area contributed by atoms with Gasteiger partial charge < -0.3 is 10.1 Å². The number of carbonyl (C=O) groups excluding carboxylic acids is 1. The second kappa shape index (κ2) is 6.79. The Labute approximate surface area is 166 Å². The minimum absolute atomic E-state index is 0.209. The molecule has 1 amide bonds. The van der Waals surface area contributed by atoms with Crippen LogP contribution in [0.15, 0.2) is 73.1 Å². The summed E-state index contributed by atoms with van der Waals surface area (Å²) >= 11 is 0. The van der Waals surface area contributed by atoms with E-state index in [9.17, 15) is 4.79 Å². The van der Waals surface area contributed by atoms with E-state index < -0.39 is 0 Å². The molecule has 0 saturated carbocycles. The fourth-order valence-electron chi connectivity index (χ4n) is 3.36. The Balaban J connectivity index is 1.59. The molecule has 0 radical (unpaired) electrons. The molecule has 0 unspecified atom stereocenters. The number of ether oxygens (including phenoxy) is 1. The third-order valence-corrected chi connectivity index (χ3v) is 4.73. The van der Waals surface area contributed by atoms with Crippen molar-refractivity contribution in [3.8, 4) is 22.8 Å². The van der Waals surface area contributed by atoms with Gasteiger partial charge in [0, 0.05) is 18.8 Å². The van der Waals surface area contributed by atoms with E-state index in [2.05, 4.69) is 20.4 Å². The van der Waals surface area contributed by atoms with Gasteiger partial charge in [0.2, 0.25) is 0 Å². The Morgan fingerprint density at radius 2 is 1.79 bits per heavy atom. The van der Waals surface area contributed by atoms with E-state index in [1.807, 2.05) is 65.2 Å². The molecule has 3 heterocycles. The Bertz CT molecular complexity index is 1320. The number of imidazole rings is 1. The maximum atomic E-state index is 12.6. The monoisotopic (exact) mass is 383 g/mol. The SMILES string of the molecule is CNC(=O)c1c(-c2ccc(Oc3ccccc3)cc2)[nH]n2c1nc1cnccc12. The largest absolute Gasteiger partial charge is 0.457 e. The van der Waals surface area contributed by atoms with Crippen LogP contribution in [0, 0.1) is 0 Å². The van der Waals surface area contributed by atoms with E-state index >= 15 is 0 Å². The van der Waals surface area contributed by atoms with Gasteiger partial charge in [-0.2, -0.15) is 0 Å². The average molecular weight is 383 g/mol. The van der Waals surface area contributed by atoms with Gasteiger partial charge in [-0.3, -0.25) is 14.9 Å². The number of aromatic nitrogens is 4. The molecule has 0 atom stereocenters. The van der Waals surface area contributed by atoms with E-state index in [0.29, 0.717) is 22.7 Å². The Kier molecular flexibility index (Phi) is 3.98. The molecule has 3 aromatic heterocycles. The van der Waals surface area contributed by atoms with E-state index in [1.165, 1.54) is 0 Å². The topological polar surface area (TPSA) is 84.3 Å². The van der Waals surface area contributed by atoms with Gasteiger partial charge in [0.1, 0.15) is 22.6 Å². The van der Waals surface area contributed by atoms with Gasteiger partial charge in [-0.05, 0) is 42.5 Å². The predicted octanol–water partition coefficient (Wildman–Crippen LogP) is 4.03. The van der Waals surface area contributed by atoms with Crippen LogP contribution in [0.3, 0.4) is 0 Å². The highest BCUT2D eigenvalue weighted by atomic mass is 16.5. The van der Waals surface area contributed by atoms with Crippen molar-refractivity contribution >= 4 is 22.6 Å². The van der Waals surface area contributed by atoms with Crippen LogP contribution in [0.25, 0.3) is 27.9 Å². The number of benzene rings is 2. The van der Waals surface area contributed by atoms with Gasteiger partial charge in [-0.1, -0.05) is 18.2 Å². The molecule has 0 saturated heterocycles. The number of H-pyrrole nitrogens is 1. The smallest absolute Gasteiger partial charge is 0.257 e. The first kappa shape index (κ1) is 17.0. The van der Waals surface area contributed by atoms with Crippen LogP contribution in [-0.2, 0) is 0 Å². The third kappa shape index (κ3) is 2.89. The van der Waals surface area contributed by atoms with Gasteiger partial charge in [0.05, 0.1) is 17.4 Å². The van der Waals surface area contributed by atoms with E-state index in [1.54, 1.807) is 19.4 Å². The highest BCUT2D eigenvalue weighted by Gasteiger charge is 2.22. The van der Waals surface area contributed by atoms with E-state index in [4.69, 9.17) is 4.74 Å². The lowest BCUT2D eigenvalue weighted by Crippen LogP contribution is -2.18. The van der Waals surface area contributed by atoms with Crippen molar-refractivity contribution in [1.29, 1.82) is 0 Å². The first-order valence-electron chi connectivity index (χ1n) is 9.14. The van der Waals surface area contributed by atoms with Gasteiger partial charge in [0.15, 0.2) is 5.65 Å². The molecule has 2 aromatic carbocycles. The molecule has 0 spiro atoms. The third-order valence-electron chi connectivity index (χ3n) is 4.73. The Morgan fingerprint density at radius 3 is 2.55 bits per heavy atom. The summed E-state index contributed by atoms with van der Waals surface area (Å²) in [7, 11) is 1.61. The highest BCUT2D eigenvalue weighted by molar-refractivity contribution is 6.06. The predicted molar refractivity (Wildman–Crippen MR) is 110 cm³/mol. The Morgan fingerprint density at radius 1 is 1.03 bits per heavy atom. The van der Waals surface area contributed by atoms with Crippen LogP contribution in [0.1, 0.15) is 10.4 Å². The van der Waals surface area contributed by atoms with Crippen LogP contribution < -0.4 is 10.1 Å². The van der Waals surface area contributed by atoms with Crippen molar-refractivity contribution in [2.75, 3.05) is 7.05 Å². The number of nitrogens with one attached hydrogen (secondary N) is 2. The normalized spacial score (nSPS) is 11.1. The fraction of sp³-hybridized carbons (Fsp3) is 0.0455. The molecule has 0 aliphatic carbocycles. The summed E-state index contributed by atoms with van der Waals surface area (Å²) < 4.78 is 7.67. The van der Waals surface area contributed by atoms with Gasteiger partial charge in [0.25, 0.3) is 5.91 Å². The molecule has 29 heavy (non-hydrogen) atoms. The lowest BCUT2D eigenvalue weighted by atomic mass is 10.1. The fourth-order valence-corrected chi connectivity index (χ4v) is 3.36. The zero-order chi connectivity index (χ0) is 19.8. The van der Waals surface area contributed by atoms with Crippen LogP contribution >= 0.6 is 0 Å². The van der Waals surface area contributed by atoms with Crippen LogP contribution in [0.2, 0.25) is 0 Å².